The number of rotatable bonds is 3. The van der Waals surface area contributed by atoms with E-state index in [-0.39, 0.29) is 17.9 Å². The Kier molecular flexibility index (Phi) is 2.98. The molecule has 1 aliphatic carbocycles. The van der Waals surface area contributed by atoms with Gasteiger partial charge in [-0.2, -0.15) is 0 Å². The fraction of sp³-hybridized carbons (Fsp3) is 0.909. The van der Waals surface area contributed by atoms with Gasteiger partial charge in [0.05, 0.1) is 6.10 Å². The van der Waals surface area contributed by atoms with Crippen LogP contribution in [0.25, 0.3) is 0 Å². The number of hydrogen-bond donors (Lipinski definition) is 2. The molecule has 0 aromatic carbocycles. The van der Waals surface area contributed by atoms with Gasteiger partial charge < -0.3 is 15.2 Å². The van der Waals surface area contributed by atoms with E-state index in [0.717, 1.165) is 19.3 Å². The second-order valence-corrected chi connectivity index (χ2v) is 4.71. The first-order valence-corrected chi connectivity index (χ1v) is 5.73. The predicted molar refractivity (Wildman–Crippen MR) is 55.3 cm³/mol. The summed E-state index contributed by atoms with van der Waals surface area (Å²) in [7, 11) is 0. The number of nitrogens with one attached hydrogen (secondary N) is 1. The zero-order valence-electron chi connectivity index (χ0n) is 9.16. The Bertz CT molecular complexity index is 252. The summed E-state index contributed by atoms with van der Waals surface area (Å²) in [6.07, 6.45) is 3.58. The maximum Gasteiger partial charge on any atom is 0.223 e. The van der Waals surface area contributed by atoms with Gasteiger partial charge in [0.1, 0.15) is 5.60 Å². The first kappa shape index (κ1) is 10.9. The highest BCUT2D eigenvalue weighted by atomic mass is 16.5. The molecule has 1 aliphatic heterocycles. The molecule has 86 valence electrons. The Morgan fingerprint density at radius 2 is 2.33 bits per heavy atom. The molecular formula is C11H19NO3. The van der Waals surface area contributed by atoms with Crippen LogP contribution in [0.4, 0.5) is 0 Å². The summed E-state index contributed by atoms with van der Waals surface area (Å²) < 4.78 is 5.30. The van der Waals surface area contributed by atoms with Gasteiger partial charge in [0.15, 0.2) is 0 Å². The number of amides is 1. The smallest absolute Gasteiger partial charge is 0.223 e. The van der Waals surface area contributed by atoms with E-state index < -0.39 is 5.60 Å². The maximum absolute atomic E-state index is 11.6. The Morgan fingerprint density at radius 3 is 2.80 bits per heavy atom. The molecule has 1 amide bonds. The van der Waals surface area contributed by atoms with Gasteiger partial charge >= 0.3 is 0 Å². The number of ether oxygens (including phenoxy) is 1. The van der Waals surface area contributed by atoms with Gasteiger partial charge in [-0.3, -0.25) is 4.79 Å². The van der Waals surface area contributed by atoms with Crippen molar-refractivity contribution in [3.8, 4) is 0 Å². The fourth-order valence-electron chi connectivity index (χ4n) is 2.06. The largest absolute Gasteiger partial charge is 0.385 e. The van der Waals surface area contributed by atoms with Crippen molar-refractivity contribution in [2.45, 2.75) is 44.3 Å². The standard InChI is InChI=1S/C11H19NO3/c1-8-11(14,5-6-15-8)7-12-10(13)9-3-2-4-9/h8-9,14H,2-7H2,1H3,(H,12,13). The van der Waals surface area contributed by atoms with Crippen LogP contribution in [-0.4, -0.2) is 35.9 Å². The zero-order valence-corrected chi connectivity index (χ0v) is 9.16. The lowest BCUT2D eigenvalue weighted by Crippen LogP contribution is -2.49. The van der Waals surface area contributed by atoms with E-state index >= 15 is 0 Å². The van der Waals surface area contributed by atoms with Gasteiger partial charge in [-0.1, -0.05) is 6.42 Å². The molecule has 1 heterocycles. The molecule has 2 rings (SSSR count). The molecule has 0 aromatic rings. The molecule has 15 heavy (non-hydrogen) atoms. The lowest BCUT2D eigenvalue weighted by Gasteiger charge is -2.29. The summed E-state index contributed by atoms with van der Waals surface area (Å²) in [5.41, 5.74) is -0.862. The van der Waals surface area contributed by atoms with E-state index in [0.29, 0.717) is 19.6 Å². The lowest BCUT2D eigenvalue weighted by atomic mass is 9.84. The molecule has 0 aromatic heterocycles. The van der Waals surface area contributed by atoms with Gasteiger partial charge in [0, 0.05) is 25.5 Å². The van der Waals surface area contributed by atoms with Crippen molar-refractivity contribution in [1.82, 2.24) is 5.32 Å². The Labute approximate surface area is 90.0 Å². The molecule has 1 saturated heterocycles. The summed E-state index contributed by atoms with van der Waals surface area (Å²) in [6, 6.07) is 0. The molecule has 2 atom stereocenters. The third kappa shape index (κ3) is 2.16. The Balaban J connectivity index is 1.79. The third-order valence-electron chi connectivity index (χ3n) is 3.70. The summed E-state index contributed by atoms with van der Waals surface area (Å²) in [5.74, 6) is 0.278. The van der Waals surface area contributed by atoms with Crippen molar-refractivity contribution in [3.05, 3.63) is 0 Å². The SMILES string of the molecule is CC1OCCC1(O)CNC(=O)C1CCC1. The Morgan fingerprint density at radius 1 is 1.60 bits per heavy atom. The molecule has 4 nitrogen and oxygen atoms in total. The van der Waals surface area contributed by atoms with Crippen LogP contribution in [-0.2, 0) is 9.53 Å². The van der Waals surface area contributed by atoms with Crippen LogP contribution in [0.1, 0.15) is 32.6 Å². The summed E-state index contributed by atoms with van der Waals surface area (Å²) in [5, 5.41) is 13.0. The highest BCUT2D eigenvalue weighted by Gasteiger charge is 2.40. The lowest BCUT2D eigenvalue weighted by molar-refractivity contribution is -0.129. The minimum atomic E-state index is -0.862. The van der Waals surface area contributed by atoms with Crippen molar-refractivity contribution in [3.63, 3.8) is 0 Å². The average molecular weight is 213 g/mol. The van der Waals surface area contributed by atoms with E-state index in [1.807, 2.05) is 6.92 Å². The molecule has 0 spiro atoms. The Hall–Kier alpha value is -0.610. The van der Waals surface area contributed by atoms with Crippen LogP contribution >= 0.6 is 0 Å². The maximum atomic E-state index is 11.6. The minimum Gasteiger partial charge on any atom is -0.385 e. The highest BCUT2D eigenvalue weighted by molar-refractivity contribution is 5.79. The molecule has 0 radical (unpaired) electrons. The van der Waals surface area contributed by atoms with Crippen LogP contribution in [0.2, 0.25) is 0 Å². The van der Waals surface area contributed by atoms with Gasteiger partial charge in [-0.15, -0.1) is 0 Å². The van der Waals surface area contributed by atoms with Crippen LogP contribution in [0.15, 0.2) is 0 Å². The van der Waals surface area contributed by atoms with Crippen molar-refractivity contribution in [2.24, 2.45) is 5.92 Å². The van der Waals surface area contributed by atoms with Crippen molar-refractivity contribution < 1.29 is 14.6 Å². The van der Waals surface area contributed by atoms with Gasteiger partial charge in [0.25, 0.3) is 0 Å². The molecule has 2 unspecified atom stereocenters. The summed E-state index contributed by atoms with van der Waals surface area (Å²) >= 11 is 0. The number of aliphatic hydroxyl groups is 1. The third-order valence-corrected chi connectivity index (χ3v) is 3.70. The van der Waals surface area contributed by atoms with Gasteiger partial charge in [-0.05, 0) is 19.8 Å². The highest BCUT2D eigenvalue weighted by Crippen LogP contribution is 2.28. The van der Waals surface area contributed by atoms with Crippen LogP contribution in [0.3, 0.4) is 0 Å². The van der Waals surface area contributed by atoms with E-state index in [1.165, 1.54) is 0 Å². The second-order valence-electron chi connectivity index (χ2n) is 4.71. The quantitative estimate of drug-likeness (QED) is 0.715. The van der Waals surface area contributed by atoms with E-state index in [9.17, 15) is 9.90 Å². The number of hydrogen-bond acceptors (Lipinski definition) is 3. The van der Waals surface area contributed by atoms with E-state index in [4.69, 9.17) is 4.74 Å². The number of carbonyl (C=O) groups is 1. The average Bonchev–Trinajstić information content (AvgIpc) is 2.42. The number of carbonyl (C=O) groups excluding carboxylic acids is 1. The predicted octanol–water partition coefficient (Wildman–Crippen LogP) is 0.443. The molecule has 0 bridgehead atoms. The molecule has 1 saturated carbocycles. The fourth-order valence-corrected chi connectivity index (χ4v) is 2.06. The first-order chi connectivity index (χ1) is 7.12. The molecular weight excluding hydrogens is 194 g/mol. The second kappa shape index (κ2) is 4.10. The topological polar surface area (TPSA) is 58.6 Å². The summed E-state index contributed by atoms with van der Waals surface area (Å²) in [4.78, 5) is 11.6. The van der Waals surface area contributed by atoms with E-state index in [2.05, 4.69) is 5.32 Å². The molecule has 2 N–H and O–H groups in total. The van der Waals surface area contributed by atoms with Crippen molar-refractivity contribution in [2.75, 3.05) is 13.2 Å². The summed E-state index contributed by atoms with van der Waals surface area (Å²) in [6.45, 7) is 2.75. The zero-order chi connectivity index (χ0) is 10.9. The molecule has 2 fully saturated rings. The van der Waals surface area contributed by atoms with Gasteiger partial charge in [-0.25, -0.2) is 0 Å². The van der Waals surface area contributed by atoms with Crippen LogP contribution in [0.5, 0.6) is 0 Å². The first-order valence-electron chi connectivity index (χ1n) is 5.73. The van der Waals surface area contributed by atoms with Gasteiger partial charge in [0.2, 0.25) is 5.91 Å². The molecule has 2 aliphatic rings. The van der Waals surface area contributed by atoms with E-state index in [1.54, 1.807) is 0 Å². The van der Waals surface area contributed by atoms with Crippen molar-refractivity contribution >= 4 is 5.91 Å². The monoisotopic (exact) mass is 213 g/mol. The minimum absolute atomic E-state index is 0.0915. The van der Waals surface area contributed by atoms with Crippen molar-refractivity contribution in [1.29, 1.82) is 0 Å². The normalized spacial score (nSPS) is 36.3. The molecule has 4 heteroatoms. The van der Waals surface area contributed by atoms with Crippen LogP contribution in [0, 0.1) is 5.92 Å². The van der Waals surface area contributed by atoms with Crippen LogP contribution < -0.4 is 5.32 Å².